The molecule has 0 saturated heterocycles. The molecule has 122 valence electrons. The van der Waals surface area contributed by atoms with Crippen molar-refractivity contribution < 1.29 is 9.90 Å². The molecule has 0 radical (unpaired) electrons. The molecule has 1 saturated carbocycles. The molecular weight excluding hydrogens is 323 g/mol. The fourth-order valence-electron chi connectivity index (χ4n) is 2.36. The van der Waals surface area contributed by atoms with E-state index in [1.54, 1.807) is 12.1 Å². The van der Waals surface area contributed by atoms with E-state index in [2.05, 4.69) is 5.32 Å². The summed E-state index contributed by atoms with van der Waals surface area (Å²) < 4.78 is 0. The van der Waals surface area contributed by atoms with Crippen molar-refractivity contribution in [2.75, 3.05) is 13.2 Å². The van der Waals surface area contributed by atoms with Crippen LogP contribution in [0.2, 0.25) is 10.0 Å². The third-order valence-electron chi connectivity index (χ3n) is 3.84. The van der Waals surface area contributed by atoms with Gasteiger partial charge in [0, 0.05) is 19.2 Å². The molecule has 1 aromatic carbocycles. The predicted molar refractivity (Wildman–Crippen MR) is 89.5 cm³/mol. The molecular formula is C16H22Cl2N2O2. The van der Waals surface area contributed by atoms with Gasteiger partial charge in [-0.2, -0.15) is 0 Å². The number of urea groups is 1. The summed E-state index contributed by atoms with van der Waals surface area (Å²) in [6.45, 7) is 2.78. The highest BCUT2D eigenvalue weighted by molar-refractivity contribution is 6.42. The van der Waals surface area contributed by atoms with Crippen LogP contribution < -0.4 is 5.32 Å². The van der Waals surface area contributed by atoms with Crippen molar-refractivity contribution in [2.24, 2.45) is 0 Å². The zero-order chi connectivity index (χ0) is 16.1. The Kier molecular flexibility index (Phi) is 6.36. The highest BCUT2D eigenvalue weighted by atomic mass is 35.5. The van der Waals surface area contributed by atoms with Gasteiger partial charge in [-0.15, -0.1) is 0 Å². The van der Waals surface area contributed by atoms with Crippen molar-refractivity contribution in [3.05, 3.63) is 33.8 Å². The molecule has 4 nitrogen and oxygen atoms in total. The molecule has 6 heteroatoms. The molecule has 1 fully saturated rings. The van der Waals surface area contributed by atoms with Crippen LogP contribution in [0.1, 0.15) is 44.2 Å². The summed E-state index contributed by atoms with van der Waals surface area (Å²) in [5.41, 5.74) is 0.925. The van der Waals surface area contributed by atoms with E-state index in [0.29, 0.717) is 22.6 Å². The lowest BCUT2D eigenvalue weighted by molar-refractivity contribution is 0.187. The molecule has 0 bridgehead atoms. The fraction of sp³-hybridized carbons (Fsp3) is 0.562. The van der Waals surface area contributed by atoms with E-state index in [0.717, 1.165) is 31.2 Å². The number of aliphatic hydroxyl groups excluding tert-OH is 1. The average molecular weight is 345 g/mol. The van der Waals surface area contributed by atoms with Crippen molar-refractivity contribution in [1.29, 1.82) is 0 Å². The number of aliphatic hydroxyl groups is 1. The molecule has 2 amide bonds. The molecule has 1 atom stereocenters. The van der Waals surface area contributed by atoms with Crippen LogP contribution in [-0.4, -0.2) is 35.2 Å². The van der Waals surface area contributed by atoms with Gasteiger partial charge in [0.1, 0.15) is 0 Å². The van der Waals surface area contributed by atoms with Crippen LogP contribution in [0.3, 0.4) is 0 Å². The lowest BCUT2D eigenvalue weighted by Crippen LogP contribution is -2.42. The molecule has 1 aliphatic carbocycles. The van der Waals surface area contributed by atoms with Crippen molar-refractivity contribution in [3.63, 3.8) is 0 Å². The topological polar surface area (TPSA) is 52.6 Å². The summed E-state index contributed by atoms with van der Waals surface area (Å²) in [6, 6.07) is 5.54. The maximum Gasteiger partial charge on any atom is 0.318 e. The normalized spacial score (nSPS) is 15.5. The number of amides is 2. The number of hydrogen-bond acceptors (Lipinski definition) is 2. The fourth-order valence-corrected chi connectivity index (χ4v) is 2.67. The Hall–Kier alpha value is -0.970. The summed E-state index contributed by atoms with van der Waals surface area (Å²) in [7, 11) is 0. The van der Waals surface area contributed by atoms with E-state index in [1.165, 1.54) is 0 Å². The van der Waals surface area contributed by atoms with Crippen molar-refractivity contribution in [3.8, 4) is 0 Å². The molecule has 1 aliphatic rings. The van der Waals surface area contributed by atoms with Crippen LogP contribution in [0.25, 0.3) is 0 Å². The van der Waals surface area contributed by atoms with Gasteiger partial charge in [-0.05, 0) is 50.3 Å². The second kappa shape index (κ2) is 8.04. The lowest BCUT2D eigenvalue weighted by atomic mass is 10.1. The SMILES string of the molecule is CC(NC(=O)N(CCCCO)C1CC1)c1ccc(Cl)c(Cl)c1. The van der Waals surface area contributed by atoms with Gasteiger partial charge in [-0.25, -0.2) is 4.79 Å². The molecule has 0 heterocycles. The second-order valence-electron chi connectivity index (χ2n) is 5.70. The van der Waals surface area contributed by atoms with E-state index in [1.807, 2.05) is 17.9 Å². The third-order valence-corrected chi connectivity index (χ3v) is 4.58. The van der Waals surface area contributed by atoms with E-state index in [-0.39, 0.29) is 18.7 Å². The first-order chi connectivity index (χ1) is 10.5. The van der Waals surface area contributed by atoms with Crippen LogP contribution in [-0.2, 0) is 0 Å². The maximum atomic E-state index is 12.4. The monoisotopic (exact) mass is 344 g/mol. The third kappa shape index (κ3) is 4.77. The summed E-state index contributed by atoms with van der Waals surface area (Å²) in [6.07, 6.45) is 3.67. The number of hydrogen-bond donors (Lipinski definition) is 2. The minimum Gasteiger partial charge on any atom is -0.396 e. The average Bonchev–Trinajstić information content (AvgIpc) is 3.31. The molecule has 2 rings (SSSR count). The summed E-state index contributed by atoms with van der Waals surface area (Å²) in [5, 5.41) is 12.9. The first-order valence-electron chi connectivity index (χ1n) is 7.66. The van der Waals surface area contributed by atoms with Gasteiger partial charge in [0.25, 0.3) is 0 Å². The number of halogens is 2. The number of unbranched alkanes of at least 4 members (excludes halogenated alkanes) is 1. The van der Waals surface area contributed by atoms with Crippen molar-refractivity contribution in [2.45, 2.75) is 44.7 Å². The summed E-state index contributed by atoms with van der Waals surface area (Å²) in [4.78, 5) is 14.3. The summed E-state index contributed by atoms with van der Waals surface area (Å²) >= 11 is 11.9. The number of nitrogens with zero attached hydrogens (tertiary/aromatic N) is 1. The zero-order valence-electron chi connectivity index (χ0n) is 12.7. The van der Waals surface area contributed by atoms with Gasteiger partial charge in [-0.1, -0.05) is 29.3 Å². The Labute approximate surface area is 141 Å². The van der Waals surface area contributed by atoms with Crippen LogP contribution >= 0.6 is 23.2 Å². The number of nitrogens with one attached hydrogen (secondary N) is 1. The molecule has 1 aromatic rings. The highest BCUT2D eigenvalue weighted by Crippen LogP contribution is 2.28. The Morgan fingerprint density at radius 3 is 2.68 bits per heavy atom. The predicted octanol–water partition coefficient (Wildman–Crippen LogP) is 4.00. The Balaban J connectivity index is 1.94. The number of carbonyl (C=O) groups is 1. The smallest absolute Gasteiger partial charge is 0.318 e. The largest absolute Gasteiger partial charge is 0.396 e. The van der Waals surface area contributed by atoms with Gasteiger partial charge in [0.2, 0.25) is 0 Å². The molecule has 0 aliphatic heterocycles. The van der Waals surface area contributed by atoms with Gasteiger partial charge in [0.15, 0.2) is 0 Å². The number of rotatable bonds is 7. The molecule has 22 heavy (non-hydrogen) atoms. The number of carbonyl (C=O) groups excluding carboxylic acids is 1. The first kappa shape index (κ1) is 17.4. The lowest BCUT2D eigenvalue weighted by Gasteiger charge is -2.25. The van der Waals surface area contributed by atoms with Gasteiger partial charge < -0.3 is 15.3 Å². The first-order valence-corrected chi connectivity index (χ1v) is 8.41. The van der Waals surface area contributed by atoms with Crippen molar-refractivity contribution >= 4 is 29.2 Å². The Morgan fingerprint density at radius 2 is 2.09 bits per heavy atom. The quantitative estimate of drug-likeness (QED) is 0.734. The summed E-state index contributed by atoms with van der Waals surface area (Å²) in [5.74, 6) is 0. The van der Waals surface area contributed by atoms with E-state index in [9.17, 15) is 4.79 Å². The minimum absolute atomic E-state index is 0.0565. The highest BCUT2D eigenvalue weighted by Gasteiger charge is 2.32. The van der Waals surface area contributed by atoms with E-state index < -0.39 is 0 Å². The van der Waals surface area contributed by atoms with E-state index >= 15 is 0 Å². The van der Waals surface area contributed by atoms with Crippen LogP contribution in [0.4, 0.5) is 4.79 Å². The maximum absolute atomic E-state index is 12.4. The van der Waals surface area contributed by atoms with Gasteiger partial charge in [-0.3, -0.25) is 0 Å². The van der Waals surface area contributed by atoms with Crippen LogP contribution in [0.15, 0.2) is 18.2 Å². The Morgan fingerprint density at radius 1 is 1.36 bits per heavy atom. The zero-order valence-corrected chi connectivity index (χ0v) is 14.2. The van der Waals surface area contributed by atoms with Gasteiger partial charge in [0.05, 0.1) is 16.1 Å². The molecule has 2 N–H and O–H groups in total. The molecule has 0 spiro atoms. The van der Waals surface area contributed by atoms with Crippen molar-refractivity contribution in [1.82, 2.24) is 10.2 Å². The second-order valence-corrected chi connectivity index (χ2v) is 6.51. The van der Waals surface area contributed by atoms with Crippen LogP contribution in [0.5, 0.6) is 0 Å². The minimum atomic E-state index is -0.138. The number of benzene rings is 1. The van der Waals surface area contributed by atoms with Crippen LogP contribution in [0, 0.1) is 0 Å². The van der Waals surface area contributed by atoms with E-state index in [4.69, 9.17) is 28.3 Å². The molecule has 1 unspecified atom stereocenters. The Bertz CT molecular complexity index is 521. The molecule has 0 aromatic heterocycles. The standard InChI is InChI=1S/C16H22Cl2N2O2/c1-11(12-4-7-14(17)15(18)10-12)19-16(22)20(13-5-6-13)8-2-3-9-21/h4,7,10-11,13,21H,2-3,5-6,8-9H2,1H3,(H,19,22). The van der Waals surface area contributed by atoms with Gasteiger partial charge >= 0.3 is 6.03 Å².